The zero-order valence-corrected chi connectivity index (χ0v) is 11.4. The summed E-state index contributed by atoms with van der Waals surface area (Å²) in [5.41, 5.74) is 2.58. The lowest BCUT2D eigenvalue weighted by atomic mass is 10.2. The Labute approximate surface area is 118 Å². The predicted octanol–water partition coefficient (Wildman–Crippen LogP) is 3.19. The summed E-state index contributed by atoms with van der Waals surface area (Å²) in [6, 6.07) is 15.8. The van der Waals surface area contributed by atoms with Crippen molar-refractivity contribution in [3.05, 3.63) is 54.4 Å². The van der Waals surface area contributed by atoms with Gasteiger partial charge in [-0.1, -0.05) is 18.2 Å². The molecule has 0 saturated heterocycles. The normalized spacial score (nSPS) is 11.7. The van der Waals surface area contributed by atoms with E-state index in [9.17, 15) is 5.11 Å². The molecule has 4 heteroatoms. The van der Waals surface area contributed by atoms with Gasteiger partial charge in [-0.25, -0.2) is 0 Å². The van der Waals surface area contributed by atoms with Crippen LogP contribution >= 0.6 is 0 Å². The van der Waals surface area contributed by atoms with Gasteiger partial charge in [0.05, 0.1) is 36.2 Å². The largest absolute Gasteiger partial charge is 0.387 e. The topological polar surface area (TPSA) is 60.1 Å². The van der Waals surface area contributed by atoms with Crippen molar-refractivity contribution in [2.75, 3.05) is 11.4 Å². The van der Waals surface area contributed by atoms with E-state index in [1.165, 1.54) is 0 Å². The molecule has 1 aromatic heterocycles. The molecule has 0 aliphatic carbocycles. The Hall–Kier alpha value is -2.38. The summed E-state index contributed by atoms with van der Waals surface area (Å²) in [5.74, 6) is 0. The molecule has 2 aromatic rings. The third-order valence-electron chi connectivity index (χ3n) is 3.03. The van der Waals surface area contributed by atoms with Crippen LogP contribution in [0.25, 0.3) is 0 Å². The smallest absolute Gasteiger partial charge is 0.0931 e. The first kappa shape index (κ1) is 14.0. The Morgan fingerprint density at radius 3 is 2.50 bits per heavy atom. The van der Waals surface area contributed by atoms with Crippen molar-refractivity contribution in [1.82, 2.24) is 4.98 Å². The minimum Gasteiger partial charge on any atom is -0.387 e. The second-order valence-corrected chi connectivity index (χ2v) is 4.51. The van der Waals surface area contributed by atoms with Gasteiger partial charge in [0.25, 0.3) is 0 Å². The van der Waals surface area contributed by atoms with Crippen LogP contribution < -0.4 is 4.90 Å². The molecule has 1 heterocycles. The minimum atomic E-state index is -0.576. The van der Waals surface area contributed by atoms with E-state index in [1.54, 1.807) is 13.1 Å². The van der Waals surface area contributed by atoms with Gasteiger partial charge >= 0.3 is 0 Å². The number of rotatable bonds is 5. The van der Waals surface area contributed by atoms with Gasteiger partial charge in [0.1, 0.15) is 0 Å². The highest BCUT2D eigenvalue weighted by Crippen LogP contribution is 2.25. The van der Waals surface area contributed by atoms with Crippen LogP contribution in [0.2, 0.25) is 0 Å². The number of aliphatic hydroxyl groups is 1. The molecule has 0 fully saturated rings. The van der Waals surface area contributed by atoms with Crippen molar-refractivity contribution >= 4 is 11.4 Å². The SMILES string of the molecule is C[C@@H](O)c1ccc(N(CCC#N)c2ccccc2)cn1. The quantitative estimate of drug-likeness (QED) is 0.903. The van der Waals surface area contributed by atoms with Gasteiger partial charge in [-0.3, -0.25) is 4.98 Å². The molecule has 0 aliphatic rings. The molecule has 1 N–H and O–H groups in total. The highest BCUT2D eigenvalue weighted by molar-refractivity contribution is 5.62. The first-order valence-corrected chi connectivity index (χ1v) is 6.56. The summed E-state index contributed by atoms with van der Waals surface area (Å²) in [5, 5.41) is 18.3. The number of anilines is 2. The second kappa shape index (κ2) is 6.69. The lowest BCUT2D eigenvalue weighted by Crippen LogP contribution is -2.18. The molecule has 0 spiro atoms. The lowest BCUT2D eigenvalue weighted by molar-refractivity contribution is 0.194. The van der Waals surface area contributed by atoms with Crippen molar-refractivity contribution in [3.63, 3.8) is 0 Å². The standard InChI is InChI=1S/C16H17N3O/c1-13(20)16-9-8-15(12-18-16)19(11-5-10-17)14-6-3-2-4-7-14/h2-4,6-9,12-13,20H,5,11H2,1H3/t13-/m1/s1. The fourth-order valence-electron chi connectivity index (χ4n) is 1.98. The van der Waals surface area contributed by atoms with Crippen LogP contribution in [0.15, 0.2) is 48.7 Å². The Morgan fingerprint density at radius 1 is 1.20 bits per heavy atom. The van der Waals surface area contributed by atoms with Crippen molar-refractivity contribution < 1.29 is 5.11 Å². The Bertz CT molecular complexity index is 573. The fourth-order valence-corrected chi connectivity index (χ4v) is 1.98. The number of pyridine rings is 1. The van der Waals surface area contributed by atoms with Gasteiger partial charge in [-0.2, -0.15) is 5.26 Å². The van der Waals surface area contributed by atoms with Crippen molar-refractivity contribution in [1.29, 1.82) is 5.26 Å². The van der Waals surface area contributed by atoms with E-state index in [0.717, 1.165) is 11.4 Å². The average Bonchev–Trinajstić information content (AvgIpc) is 2.49. The third kappa shape index (κ3) is 3.34. The van der Waals surface area contributed by atoms with Gasteiger partial charge in [0.15, 0.2) is 0 Å². The van der Waals surface area contributed by atoms with E-state index in [0.29, 0.717) is 18.7 Å². The number of aliphatic hydroxyl groups excluding tert-OH is 1. The van der Waals surface area contributed by atoms with E-state index < -0.39 is 6.10 Å². The molecule has 0 radical (unpaired) electrons. The molecule has 0 bridgehead atoms. The highest BCUT2D eigenvalue weighted by atomic mass is 16.3. The van der Waals surface area contributed by atoms with Crippen LogP contribution in [0.5, 0.6) is 0 Å². The van der Waals surface area contributed by atoms with Gasteiger partial charge in [0.2, 0.25) is 0 Å². The molecule has 0 saturated carbocycles. The minimum absolute atomic E-state index is 0.438. The van der Waals surface area contributed by atoms with Crippen LogP contribution in [0.4, 0.5) is 11.4 Å². The van der Waals surface area contributed by atoms with Crippen LogP contribution in [0.3, 0.4) is 0 Å². The number of nitrogens with zero attached hydrogens (tertiary/aromatic N) is 3. The molecular formula is C16H17N3O. The van der Waals surface area contributed by atoms with E-state index in [4.69, 9.17) is 5.26 Å². The zero-order valence-electron chi connectivity index (χ0n) is 11.4. The molecule has 0 unspecified atom stereocenters. The van der Waals surface area contributed by atoms with E-state index in [1.807, 2.05) is 47.4 Å². The number of hydrogen-bond donors (Lipinski definition) is 1. The van der Waals surface area contributed by atoms with Crippen LogP contribution in [0, 0.1) is 11.3 Å². The second-order valence-electron chi connectivity index (χ2n) is 4.51. The molecule has 0 aliphatic heterocycles. The number of aromatic nitrogens is 1. The van der Waals surface area contributed by atoms with Gasteiger partial charge < -0.3 is 10.0 Å². The highest BCUT2D eigenvalue weighted by Gasteiger charge is 2.10. The number of hydrogen-bond acceptors (Lipinski definition) is 4. The maximum Gasteiger partial charge on any atom is 0.0931 e. The summed E-state index contributed by atoms with van der Waals surface area (Å²) >= 11 is 0. The van der Waals surface area contributed by atoms with E-state index in [-0.39, 0.29) is 0 Å². The molecule has 2 rings (SSSR count). The predicted molar refractivity (Wildman–Crippen MR) is 78.5 cm³/mol. The Balaban J connectivity index is 2.29. The summed E-state index contributed by atoms with van der Waals surface area (Å²) in [6.07, 6.45) is 1.59. The van der Waals surface area contributed by atoms with Gasteiger partial charge in [-0.05, 0) is 31.2 Å². The molecule has 1 atom stereocenters. The number of nitriles is 1. The Morgan fingerprint density at radius 2 is 1.95 bits per heavy atom. The van der Waals surface area contributed by atoms with Crippen LogP contribution in [-0.4, -0.2) is 16.6 Å². The van der Waals surface area contributed by atoms with Crippen LogP contribution in [-0.2, 0) is 0 Å². The molecule has 1 aromatic carbocycles. The maximum atomic E-state index is 9.49. The van der Waals surface area contributed by atoms with E-state index >= 15 is 0 Å². The molecular weight excluding hydrogens is 250 g/mol. The number of benzene rings is 1. The first-order valence-electron chi connectivity index (χ1n) is 6.56. The van der Waals surface area contributed by atoms with Crippen molar-refractivity contribution in [3.8, 4) is 6.07 Å². The monoisotopic (exact) mass is 267 g/mol. The van der Waals surface area contributed by atoms with Crippen LogP contribution in [0.1, 0.15) is 25.1 Å². The van der Waals surface area contributed by atoms with Crippen molar-refractivity contribution in [2.24, 2.45) is 0 Å². The average molecular weight is 267 g/mol. The summed E-state index contributed by atoms with van der Waals surface area (Å²) in [4.78, 5) is 6.30. The maximum absolute atomic E-state index is 9.49. The molecule has 102 valence electrons. The zero-order chi connectivity index (χ0) is 14.4. The summed E-state index contributed by atoms with van der Waals surface area (Å²) in [6.45, 7) is 2.29. The van der Waals surface area contributed by atoms with Crippen molar-refractivity contribution in [2.45, 2.75) is 19.4 Å². The molecule has 20 heavy (non-hydrogen) atoms. The molecule has 4 nitrogen and oxygen atoms in total. The fraction of sp³-hybridized carbons (Fsp3) is 0.250. The summed E-state index contributed by atoms with van der Waals surface area (Å²) < 4.78 is 0. The van der Waals surface area contributed by atoms with E-state index in [2.05, 4.69) is 11.1 Å². The first-order chi connectivity index (χ1) is 9.72. The number of para-hydroxylation sites is 1. The Kier molecular flexibility index (Phi) is 4.70. The van der Waals surface area contributed by atoms with Gasteiger partial charge in [0, 0.05) is 12.2 Å². The van der Waals surface area contributed by atoms with Gasteiger partial charge in [-0.15, -0.1) is 0 Å². The third-order valence-corrected chi connectivity index (χ3v) is 3.03. The molecule has 0 amide bonds. The lowest BCUT2D eigenvalue weighted by Gasteiger charge is -2.24. The summed E-state index contributed by atoms with van der Waals surface area (Å²) in [7, 11) is 0.